The molecular weight excluding hydrogens is 494 g/mol. The highest BCUT2D eigenvalue weighted by Crippen LogP contribution is 2.44. The van der Waals surface area contributed by atoms with Gasteiger partial charge >= 0.3 is 5.97 Å². The van der Waals surface area contributed by atoms with Crippen LogP contribution in [0.2, 0.25) is 0 Å². The number of carbonyl (C=O) groups excluding carboxylic acids is 1. The highest BCUT2D eigenvalue weighted by atomic mass is 32.1. The van der Waals surface area contributed by atoms with E-state index in [1.807, 2.05) is 100 Å². The topological polar surface area (TPSA) is 66.8 Å². The lowest BCUT2D eigenvalue weighted by Crippen LogP contribution is -2.28. The number of amides is 1. The molecule has 3 aromatic carbocycles. The van der Waals surface area contributed by atoms with E-state index < -0.39 is 17.7 Å². The Bertz CT molecular complexity index is 1560. The number of aryl methyl sites for hydroxylation is 1. The average molecular weight is 528 g/mol. The van der Waals surface area contributed by atoms with E-state index in [1.165, 1.54) is 0 Å². The third-order valence-corrected chi connectivity index (χ3v) is 8.21. The van der Waals surface area contributed by atoms with E-state index in [-0.39, 0.29) is 5.91 Å². The Morgan fingerprint density at radius 2 is 1.61 bits per heavy atom. The summed E-state index contributed by atoms with van der Waals surface area (Å²) in [6.07, 6.45) is -1.14. The van der Waals surface area contributed by atoms with Gasteiger partial charge < -0.3 is 14.7 Å². The molecule has 5 nitrogen and oxygen atoms in total. The molecule has 0 bridgehead atoms. The third kappa shape index (κ3) is 4.63. The van der Waals surface area contributed by atoms with E-state index in [9.17, 15) is 14.7 Å². The first kappa shape index (κ1) is 26.1. The van der Waals surface area contributed by atoms with Gasteiger partial charge in [0.15, 0.2) is 6.10 Å². The van der Waals surface area contributed by atoms with Crippen molar-refractivity contribution in [3.8, 4) is 11.1 Å². The quantitative estimate of drug-likeness (QED) is 0.290. The van der Waals surface area contributed by atoms with Crippen LogP contribution in [0.5, 0.6) is 0 Å². The first-order valence-electron chi connectivity index (χ1n) is 12.8. The number of carboxylic acid groups (broad SMARTS) is 1. The zero-order chi connectivity index (χ0) is 27.4. The average Bonchev–Trinajstić information content (AvgIpc) is 3.52. The second kappa shape index (κ2) is 9.68. The van der Waals surface area contributed by atoms with Crippen molar-refractivity contribution in [2.75, 3.05) is 0 Å². The fourth-order valence-electron chi connectivity index (χ4n) is 5.52. The molecule has 1 aliphatic heterocycles. The second-order valence-corrected chi connectivity index (χ2v) is 12.1. The smallest absolute Gasteiger partial charge is 0.337 e. The summed E-state index contributed by atoms with van der Waals surface area (Å²) in [6.45, 7) is 12.6. The number of aliphatic carboxylic acids is 1. The maximum absolute atomic E-state index is 13.8. The summed E-state index contributed by atoms with van der Waals surface area (Å²) in [5, 5.41) is 13.3. The summed E-state index contributed by atoms with van der Waals surface area (Å²) in [7, 11) is 0. The minimum atomic E-state index is -1.14. The van der Waals surface area contributed by atoms with Gasteiger partial charge in [-0.3, -0.25) is 4.79 Å². The molecule has 0 spiro atoms. The maximum atomic E-state index is 13.8. The second-order valence-electron chi connectivity index (χ2n) is 11.1. The highest BCUT2D eigenvalue weighted by Gasteiger charge is 2.36. The number of fused-ring (bicyclic) bond motifs is 2. The van der Waals surface area contributed by atoms with Crippen LogP contribution in [0.15, 0.2) is 53.9 Å². The number of benzene rings is 3. The van der Waals surface area contributed by atoms with Crippen LogP contribution in [0.25, 0.3) is 21.2 Å². The molecule has 1 aliphatic rings. The van der Waals surface area contributed by atoms with Crippen molar-refractivity contribution in [2.24, 2.45) is 0 Å². The van der Waals surface area contributed by atoms with Gasteiger partial charge in [0.25, 0.3) is 5.91 Å². The van der Waals surface area contributed by atoms with Crippen LogP contribution in [-0.4, -0.2) is 27.5 Å². The number of ether oxygens (including phenoxy) is 1. The van der Waals surface area contributed by atoms with Crippen LogP contribution in [0, 0.1) is 20.8 Å². The number of carboxylic acids is 1. The van der Waals surface area contributed by atoms with Crippen molar-refractivity contribution in [1.29, 1.82) is 0 Å². The largest absolute Gasteiger partial charge is 0.479 e. The van der Waals surface area contributed by atoms with Crippen molar-refractivity contribution < 1.29 is 19.4 Å². The monoisotopic (exact) mass is 527 g/mol. The van der Waals surface area contributed by atoms with Crippen LogP contribution in [-0.2, 0) is 22.6 Å². The van der Waals surface area contributed by atoms with Crippen LogP contribution in [0.3, 0.4) is 0 Å². The van der Waals surface area contributed by atoms with Gasteiger partial charge in [0.1, 0.15) is 0 Å². The van der Waals surface area contributed by atoms with Gasteiger partial charge in [-0.15, -0.1) is 11.3 Å². The molecule has 0 fully saturated rings. The zero-order valence-corrected chi connectivity index (χ0v) is 23.5. The van der Waals surface area contributed by atoms with Crippen LogP contribution in [0.4, 0.5) is 0 Å². The molecule has 1 N–H and O–H groups in total. The van der Waals surface area contributed by atoms with Crippen molar-refractivity contribution in [3.63, 3.8) is 0 Å². The standard InChI is InChI=1S/C32H33NO4S/c1-18-10-12-21(13-11-18)27-19(2)24-16-33(30(34)23-8-7-9-26-22(23)14-15-38-26)17-25(24)20(3)28(27)29(31(35)36)37-32(4,5)6/h7-15,29H,16-17H2,1-6H3,(H,35,36). The lowest BCUT2D eigenvalue weighted by atomic mass is 9.83. The summed E-state index contributed by atoms with van der Waals surface area (Å²) in [5.41, 5.74) is 7.65. The Labute approximate surface area is 227 Å². The first-order valence-corrected chi connectivity index (χ1v) is 13.7. The maximum Gasteiger partial charge on any atom is 0.337 e. The Hall–Kier alpha value is -3.48. The van der Waals surface area contributed by atoms with Crippen LogP contribution in [0.1, 0.15) is 70.6 Å². The normalized spacial score (nSPS) is 14.1. The molecule has 1 amide bonds. The van der Waals surface area contributed by atoms with E-state index in [0.717, 1.165) is 49.0 Å². The fraction of sp³-hybridized carbons (Fsp3) is 0.312. The lowest BCUT2D eigenvalue weighted by Gasteiger charge is -2.29. The molecule has 38 heavy (non-hydrogen) atoms. The molecule has 0 aliphatic carbocycles. The van der Waals surface area contributed by atoms with E-state index in [4.69, 9.17) is 4.74 Å². The molecule has 2 heterocycles. The van der Waals surface area contributed by atoms with E-state index in [0.29, 0.717) is 24.2 Å². The van der Waals surface area contributed by atoms with E-state index in [2.05, 4.69) is 0 Å². The Kier molecular flexibility index (Phi) is 6.66. The molecule has 0 saturated carbocycles. The highest BCUT2D eigenvalue weighted by molar-refractivity contribution is 7.17. The number of hydrogen-bond acceptors (Lipinski definition) is 4. The number of thiophene rings is 1. The van der Waals surface area contributed by atoms with E-state index >= 15 is 0 Å². The molecule has 1 unspecified atom stereocenters. The molecular formula is C32H33NO4S. The minimum absolute atomic E-state index is 0.0110. The molecule has 6 heteroatoms. The number of rotatable bonds is 5. The Morgan fingerprint density at radius 3 is 2.24 bits per heavy atom. The van der Waals surface area contributed by atoms with Gasteiger partial charge in [-0.25, -0.2) is 4.79 Å². The third-order valence-electron chi connectivity index (χ3n) is 7.33. The predicted molar refractivity (Wildman–Crippen MR) is 153 cm³/mol. The zero-order valence-electron chi connectivity index (χ0n) is 22.7. The van der Waals surface area contributed by atoms with Crippen LogP contribution < -0.4 is 0 Å². The molecule has 1 aromatic heterocycles. The summed E-state index contributed by atoms with van der Waals surface area (Å²) in [4.78, 5) is 28.3. The van der Waals surface area contributed by atoms with Gasteiger partial charge in [0.05, 0.1) is 5.60 Å². The minimum Gasteiger partial charge on any atom is -0.479 e. The SMILES string of the molecule is Cc1ccc(-c2c(C)c3c(c(C)c2C(OC(C)(C)C)C(=O)O)CN(C(=O)c2cccc4sccc24)C3)cc1. The molecule has 196 valence electrons. The Balaban J connectivity index is 1.66. The van der Waals surface area contributed by atoms with Crippen LogP contribution >= 0.6 is 11.3 Å². The van der Waals surface area contributed by atoms with Crippen molar-refractivity contribution >= 4 is 33.3 Å². The van der Waals surface area contributed by atoms with Gasteiger partial charge in [0.2, 0.25) is 0 Å². The molecule has 4 aromatic rings. The van der Waals surface area contributed by atoms with E-state index in [1.54, 1.807) is 11.3 Å². The van der Waals surface area contributed by atoms with Gasteiger partial charge in [-0.05, 0) is 98.5 Å². The predicted octanol–water partition coefficient (Wildman–Crippen LogP) is 7.59. The van der Waals surface area contributed by atoms with Gasteiger partial charge in [0, 0.05) is 34.3 Å². The summed E-state index contributed by atoms with van der Waals surface area (Å²) < 4.78 is 7.26. The number of nitrogens with zero attached hydrogens (tertiary/aromatic N) is 1. The molecule has 0 radical (unpaired) electrons. The molecule has 0 saturated heterocycles. The fourth-order valence-corrected chi connectivity index (χ4v) is 6.33. The van der Waals surface area contributed by atoms with Crippen molar-refractivity contribution in [2.45, 2.75) is 66.3 Å². The van der Waals surface area contributed by atoms with Crippen molar-refractivity contribution in [3.05, 3.63) is 92.9 Å². The summed E-state index contributed by atoms with van der Waals surface area (Å²) in [5.74, 6) is -1.03. The molecule has 1 atom stereocenters. The summed E-state index contributed by atoms with van der Waals surface area (Å²) >= 11 is 1.63. The van der Waals surface area contributed by atoms with Crippen molar-refractivity contribution in [1.82, 2.24) is 4.90 Å². The lowest BCUT2D eigenvalue weighted by molar-refractivity contribution is -0.160. The molecule has 5 rings (SSSR count). The Morgan fingerprint density at radius 1 is 0.947 bits per heavy atom. The number of hydrogen-bond donors (Lipinski definition) is 1. The number of carbonyl (C=O) groups is 2. The summed E-state index contributed by atoms with van der Waals surface area (Å²) in [6, 6.07) is 16.0. The van der Waals surface area contributed by atoms with Gasteiger partial charge in [-0.2, -0.15) is 0 Å². The first-order chi connectivity index (χ1) is 18.0. The van der Waals surface area contributed by atoms with Gasteiger partial charge in [-0.1, -0.05) is 35.9 Å².